The number of sulfonamides is 1. The van der Waals surface area contributed by atoms with Crippen LogP contribution in [0.1, 0.15) is 49.0 Å². The molecule has 3 aliphatic rings. The molecule has 8 heteroatoms. The maximum absolute atomic E-state index is 13.9. The molecule has 30 heavy (non-hydrogen) atoms. The Labute approximate surface area is 178 Å². The van der Waals surface area contributed by atoms with E-state index >= 15 is 0 Å². The van der Waals surface area contributed by atoms with Crippen LogP contribution < -0.4 is 5.32 Å². The average molecular weight is 434 g/mol. The highest BCUT2D eigenvalue weighted by molar-refractivity contribution is 7.89. The number of fused-ring (bicyclic) bond motifs is 1. The molecule has 0 aromatic heterocycles. The molecule has 4 rings (SSSR count). The molecule has 1 aromatic rings. The molecule has 0 spiro atoms. The van der Waals surface area contributed by atoms with Gasteiger partial charge in [0.05, 0.1) is 18.2 Å². The minimum atomic E-state index is -3.90. The van der Waals surface area contributed by atoms with Crippen LogP contribution in [0, 0.1) is 11.8 Å². The van der Waals surface area contributed by atoms with Gasteiger partial charge in [-0.3, -0.25) is 14.5 Å². The van der Waals surface area contributed by atoms with E-state index in [1.807, 2.05) is 32.0 Å². The molecule has 3 aliphatic heterocycles. The number of ketones is 1. The number of nitrogens with zero attached hydrogens (tertiary/aromatic N) is 2. The lowest BCUT2D eigenvalue weighted by Crippen LogP contribution is -2.58. The molecule has 0 saturated carbocycles. The van der Waals surface area contributed by atoms with Crippen LogP contribution in [-0.4, -0.2) is 66.8 Å². The molecule has 1 aromatic carbocycles. The second kappa shape index (κ2) is 7.73. The summed E-state index contributed by atoms with van der Waals surface area (Å²) in [5, 5.41) is 3.29. The van der Waals surface area contributed by atoms with E-state index in [0.717, 1.165) is 35.8 Å². The quantitative estimate of drug-likeness (QED) is 0.687. The van der Waals surface area contributed by atoms with Gasteiger partial charge in [0.25, 0.3) is 0 Å². The zero-order valence-corrected chi connectivity index (χ0v) is 18.7. The maximum atomic E-state index is 13.9. The maximum Gasteiger partial charge on any atom is 0.242 e. The first-order valence-corrected chi connectivity index (χ1v) is 12.6. The number of hydrogen-bond acceptors (Lipinski definition) is 6. The van der Waals surface area contributed by atoms with Crippen LogP contribution in [0.4, 0.5) is 0 Å². The number of benzene rings is 1. The summed E-state index contributed by atoms with van der Waals surface area (Å²) in [4.78, 5) is 29.5. The number of amides is 1. The van der Waals surface area contributed by atoms with E-state index in [1.165, 1.54) is 12.8 Å². The molecule has 3 saturated heterocycles. The van der Waals surface area contributed by atoms with Gasteiger partial charge in [0.15, 0.2) is 5.78 Å². The molecule has 164 valence electrons. The van der Waals surface area contributed by atoms with Gasteiger partial charge >= 0.3 is 0 Å². The molecular formula is C22H31N3O4S. The van der Waals surface area contributed by atoms with Gasteiger partial charge in [0.1, 0.15) is 5.54 Å². The van der Waals surface area contributed by atoms with E-state index in [2.05, 4.69) is 10.2 Å². The highest BCUT2D eigenvalue weighted by Gasteiger charge is 2.67. The zero-order valence-electron chi connectivity index (χ0n) is 17.9. The smallest absolute Gasteiger partial charge is 0.242 e. The van der Waals surface area contributed by atoms with Crippen LogP contribution in [0.3, 0.4) is 0 Å². The Morgan fingerprint density at radius 2 is 1.97 bits per heavy atom. The standard InChI is InChI=1S/C22H31N3O4S/c1-15(2)18-19-22(9-10-23-19,25(21(18)27)30(3,28)29)20(26)17-8-6-7-16(13-17)14-24-11-4-5-12-24/h6-8,13,15,18-19,23H,4-5,9-12,14H2,1-3H3/t18-,19-,22+/m1/s1. The first-order valence-electron chi connectivity index (χ1n) is 10.8. The van der Waals surface area contributed by atoms with Crippen molar-refractivity contribution >= 4 is 21.7 Å². The van der Waals surface area contributed by atoms with E-state index in [0.29, 0.717) is 18.5 Å². The third kappa shape index (κ3) is 3.39. The number of rotatable bonds is 6. The third-order valence-electron chi connectivity index (χ3n) is 6.83. The summed E-state index contributed by atoms with van der Waals surface area (Å²) < 4.78 is 26.3. The number of Topliss-reactive ketones (excluding diaryl/α,β-unsaturated/α-hetero) is 1. The Bertz CT molecular complexity index is 955. The molecule has 1 N–H and O–H groups in total. The van der Waals surface area contributed by atoms with Gasteiger partial charge < -0.3 is 5.32 Å². The van der Waals surface area contributed by atoms with E-state index < -0.39 is 33.4 Å². The Balaban J connectivity index is 1.74. The van der Waals surface area contributed by atoms with Crippen LogP contribution >= 0.6 is 0 Å². The molecule has 3 atom stereocenters. The van der Waals surface area contributed by atoms with Crippen molar-refractivity contribution in [1.29, 1.82) is 0 Å². The first-order chi connectivity index (χ1) is 14.2. The van der Waals surface area contributed by atoms with E-state index in [-0.39, 0.29) is 11.7 Å². The monoisotopic (exact) mass is 433 g/mol. The van der Waals surface area contributed by atoms with E-state index in [9.17, 15) is 18.0 Å². The molecule has 0 bridgehead atoms. The summed E-state index contributed by atoms with van der Waals surface area (Å²) in [5.41, 5.74) is 0.134. The van der Waals surface area contributed by atoms with Crippen LogP contribution in [0.15, 0.2) is 24.3 Å². The summed E-state index contributed by atoms with van der Waals surface area (Å²) >= 11 is 0. The summed E-state index contributed by atoms with van der Waals surface area (Å²) in [5.74, 6) is -1.36. The van der Waals surface area contributed by atoms with Crippen LogP contribution in [0.2, 0.25) is 0 Å². The van der Waals surface area contributed by atoms with Gasteiger partial charge in [0.2, 0.25) is 15.9 Å². The molecular weight excluding hydrogens is 402 g/mol. The minimum absolute atomic E-state index is 0.0754. The number of nitrogens with one attached hydrogen (secondary N) is 1. The summed E-state index contributed by atoms with van der Waals surface area (Å²) in [7, 11) is -3.90. The number of likely N-dealkylation sites (tertiary alicyclic amines) is 1. The minimum Gasteiger partial charge on any atom is -0.310 e. The SMILES string of the molecule is CC(C)[C@H]1C(=O)N(S(C)(=O)=O)[C@@]2(C(=O)c3cccc(CN4CCCC4)c3)CCN[C@H]12. The normalized spacial score (nSPS) is 29.7. The fourth-order valence-electron chi connectivity index (χ4n) is 5.61. The fourth-order valence-corrected chi connectivity index (χ4v) is 6.93. The Hall–Kier alpha value is -1.77. The molecule has 0 aliphatic carbocycles. The molecule has 3 heterocycles. The zero-order chi connectivity index (χ0) is 21.7. The summed E-state index contributed by atoms with van der Waals surface area (Å²) in [6.45, 7) is 7.20. The van der Waals surface area contributed by atoms with Crippen molar-refractivity contribution in [1.82, 2.24) is 14.5 Å². The van der Waals surface area contributed by atoms with Crippen LogP contribution in [0.5, 0.6) is 0 Å². The highest BCUT2D eigenvalue weighted by Crippen LogP contribution is 2.46. The van der Waals surface area contributed by atoms with E-state index in [1.54, 1.807) is 6.07 Å². The predicted molar refractivity (Wildman–Crippen MR) is 114 cm³/mol. The first kappa shape index (κ1) is 21.5. The molecule has 0 radical (unpaired) electrons. The lowest BCUT2D eigenvalue weighted by molar-refractivity contribution is -0.129. The van der Waals surface area contributed by atoms with Crippen LogP contribution in [0.25, 0.3) is 0 Å². The second-order valence-electron chi connectivity index (χ2n) is 9.25. The van der Waals surface area contributed by atoms with Gasteiger partial charge in [-0.15, -0.1) is 0 Å². The Morgan fingerprint density at radius 3 is 2.60 bits per heavy atom. The lowest BCUT2D eigenvalue weighted by atomic mass is 9.78. The van der Waals surface area contributed by atoms with Crippen molar-refractivity contribution in [2.45, 2.75) is 51.2 Å². The van der Waals surface area contributed by atoms with Crippen molar-refractivity contribution in [3.05, 3.63) is 35.4 Å². The van der Waals surface area contributed by atoms with E-state index in [4.69, 9.17) is 0 Å². The van der Waals surface area contributed by atoms with Crippen molar-refractivity contribution in [2.24, 2.45) is 11.8 Å². The Morgan fingerprint density at radius 1 is 1.27 bits per heavy atom. The molecule has 1 amide bonds. The average Bonchev–Trinajstić information content (AvgIpc) is 3.35. The Kier molecular flexibility index (Phi) is 5.53. The van der Waals surface area contributed by atoms with Gasteiger partial charge in [-0.1, -0.05) is 32.0 Å². The lowest BCUT2D eigenvalue weighted by Gasteiger charge is -2.35. The number of carbonyl (C=O) groups is 2. The van der Waals surface area contributed by atoms with Gasteiger partial charge in [-0.05, 0) is 56.4 Å². The number of carbonyl (C=O) groups excluding carboxylic acids is 2. The van der Waals surface area contributed by atoms with Crippen molar-refractivity contribution in [2.75, 3.05) is 25.9 Å². The number of hydrogen-bond donors (Lipinski definition) is 1. The summed E-state index contributed by atoms with van der Waals surface area (Å²) in [6, 6.07) is 6.97. The third-order valence-corrected chi connectivity index (χ3v) is 8.00. The molecule has 0 unspecified atom stereocenters. The topological polar surface area (TPSA) is 86.8 Å². The molecule has 3 fully saturated rings. The predicted octanol–water partition coefficient (Wildman–Crippen LogP) is 1.64. The van der Waals surface area contributed by atoms with Gasteiger partial charge in [-0.2, -0.15) is 0 Å². The van der Waals surface area contributed by atoms with Crippen molar-refractivity contribution < 1.29 is 18.0 Å². The fraction of sp³-hybridized carbons (Fsp3) is 0.636. The van der Waals surface area contributed by atoms with Crippen molar-refractivity contribution in [3.63, 3.8) is 0 Å². The highest BCUT2D eigenvalue weighted by atomic mass is 32.2. The largest absolute Gasteiger partial charge is 0.310 e. The second-order valence-corrected chi connectivity index (χ2v) is 11.1. The van der Waals surface area contributed by atoms with Gasteiger partial charge in [-0.25, -0.2) is 12.7 Å². The summed E-state index contributed by atoms with van der Waals surface area (Å²) in [6.07, 6.45) is 3.71. The van der Waals surface area contributed by atoms with Crippen molar-refractivity contribution in [3.8, 4) is 0 Å². The molecule has 7 nitrogen and oxygen atoms in total. The van der Waals surface area contributed by atoms with Crippen LogP contribution in [-0.2, 0) is 21.4 Å². The van der Waals surface area contributed by atoms with Gasteiger partial charge in [0, 0.05) is 12.1 Å².